The van der Waals surface area contributed by atoms with E-state index in [1.54, 1.807) is 25.3 Å². The Hall–Kier alpha value is -2.94. The molecule has 0 fully saturated rings. The largest absolute Gasteiger partial charge is 0.497 e. The van der Waals surface area contributed by atoms with Crippen LogP contribution in [0, 0.1) is 0 Å². The highest BCUT2D eigenvalue weighted by atomic mass is 32.2. The molecule has 1 N–H and O–H groups in total. The first-order chi connectivity index (χ1) is 13.1. The summed E-state index contributed by atoms with van der Waals surface area (Å²) in [5.41, 5.74) is 0.911. The van der Waals surface area contributed by atoms with Crippen molar-refractivity contribution in [1.82, 2.24) is 15.2 Å². The number of nitrogens with zero attached hydrogens (tertiary/aromatic N) is 2. The molecule has 0 radical (unpaired) electrons. The molecule has 2 aromatic carbocycles. The maximum Gasteiger partial charge on any atom is 0.387 e. The number of ether oxygens (including phenoxy) is 2. The van der Waals surface area contributed by atoms with Crippen LogP contribution in [-0.2, 0) is 0 Å². The average Bonchev–Trinajstić information content (AvgIpc) is 3.15. The van der Waals surface area contributed by atoms with Crippen LogP contribution >= 0.6 is 11.8 Å². The molecule has 0 saturated heterocycles. The highest BCUT2D eigenvalue weighted by molar-refractivity contribution is 7.99. The molecule has 9 heteroatoms. The summed E-state index contributed by atoms with van der Waals surface area (Å²) in [7, 11) is 1.58. The number of alkyl halides is 2. The van der Waals surface area contributed by atoms with Crippen molar-refractivity contribution in [3.63, 3.8) is 0 Å². The molecule has 140 valence electrons. The number of carbonyl (C=O) groups is 1. The van der Waals surface area contributed by atoms with Gasteiger partial charge in [0.25, 0.3) is 0 Å². The number of para-hydroxylation sites is 1. The molecule has 0 amide bonds. The summed E-state index contributed by atoms with van der Waals surface area (Å²) in [6.45, 7) is -2.99. The van der Waals surface area contributed by atoms with Gasteiger partial charge in [-0.15, -0.1) is 5.10 Å². The number of aromatic amines is 1. The fourth-order valence-corrected chi connectivity index (χ4v) is 2.97. The molecule has 0 atom stereocenters. The summed E-state index contributed by atoms with van der Waals surface area (Å²) in [6.07, 6.45) is 0. The number of methoxy groups -OCH3 is 1. The minimum Gasteiger partial charge on any atom is -0.497 e. The lowest BCUT2D eigenvalue weighted by atomic mass is 10.1. The number of rotatable bonds is 8. The van der Waals surface area contributed by atoms with E-state index in [1.807, 2.05) is 12.1 Å². The van der Waals surface area contributed by atoms with Crippen molar-refractivity contribution >= 4 is 17.5 Å². The van der Waals surface area contributed by atoms with Crippen molar-refractivity contribution in [3.8, 4) is 22.9 Å². The maximum absolute atomic E-state index is 12.5. The molecular weight excluding hydrogens is 376 g/mol. The number of hydrogen-bond donors (Lipinski definition) is 1. The Morgan fingerprint density at radius 2 is 1.93 bits per heavy atom. The number of thioether (sulfide) groups is 1. The second-order valence-corrected chi connectivity index (χ2v) is 6.22. The Labute approximate surface area is 157 Å². The van der Waals surface area contributed by atoms with E-state index in [-0.39, 0.29) is 22.8 Å². The van der Waals surface area contributed by atoms with Crippen LogP contribution in [0.3, 0.4) is 0 Å². The van der Waals surface area contributed by atoms with Gasteiger partial charge in [-0.3, -0.25) is 9.89 Å². The van der Waals surface area contributed by atoms with Gasteiger partial charge in [-0.2, -0.15) is 8.78 Å². The molecule has 3 aromatic rings. The van der Waals surface area contributed by atoms with E-state index in [0.29, 0.717) is 11.0 Å². The third kappa shape index (κ3) is 4.82. The quantitative estimate of drug-likeness (QED) is 0.461. The normalized spacial score (nSPS) is 10.8. The molecule has 1 heterocycles. The third-order valence-electron chi connectivity index (χ3n) is 3.56. The molecule has 0 aliphatic carbocycles. The Bertz CT molecular complexity index is 916. The molecule has 0 unspecified atom stereocenters. The summed E-state index contributed by atoms with van der Waals surface area (Å²) in [5, 5.41) is 7.24. The van der Waals surface area contributed by atoms with E-state index in [9.17, 15) is 13.6 Å². The highest BCUT2D eigenvalue weighted by Crippen LogP contribution is 2.25. The first-order valence-corrected chi connectivity index (χ1v) is 8.82. The number of carbonyl (C=O) groups excluding carboxylic acids is 1. The van der Waals surface area contributed by atoms with Gasteiger partial charge in [0.2, 0.25) is 5.16 Å². The van der Waals surface area contributed by atoms with E-state index >= 15 is 0 Å². The highest BCUT2D eigenvalue weighted by Gasteiger charge is 2.16. The van der Waals surface area contributed by atoms with Crippen molar-refractivity contribution < 1.29 is 23.0 Å². The number of hydrogen-bond acceptors (Lipinski definition) is 6. The first kappa shape index (κ1) is 18.8. The minimum atomic E-state index is -2.99. The van der Waals surface area contributed by atoms with Gasteiger partial charge in [0.05, 0.1) is 18.4 Å². The number of H-pyrrole nitrogens is 1. The molecule has 0 aliphatic rings. The molecule has 0 spiro atoms. The molecule has 0 aliphatic heterocycles. The van der Waals surface area contributed by atoms with Crippen LogP contribution in [-0.4, -0.2) is 40.4 Å². The van der Waals surface area contributed by atoms with E-state index < -0.39 is 6.61 Å². The molecule has 3 rings (SSSR count). The van der Waals surface area contributed by atoms with Gasteiger partial charge < -0.3 is 9.47 Å². The fraction of sp³-hybridized carbons (Fsp3) is 0.167. The van der Waals surface area contributed by atoms with Crippen molar-refractivity contribution in [3.05, 3.63) is 54.1 Å². The van der Waals surface area contributed by atoms with Gasteiger partial charge in [-0.1, -0.05) is 23.9 Å². The minimum absolute atomic E-state index is 0.0104. The van der Waals surface area contributed by atoms with Gasteiger partial charge in [-0.05, 0) is 36.4 Å². The third-order valence-corrected chi connectivity index (χ3v) is 4.41. The summed E-state index contributed by atoms with van der Waals surface area (Å²) in [4.78, 5) is 16.7. The maximum atomic E-state index is 12.5. The summed E-state index contributed by atoms with van der Waals surface area (Å²) >= 11 is 1.10. The summed E-state index contributed by atoms with van der Waals surface area (Å²) < 4.78 is 34.4. The zero-order valence-corrected chi connectivity index (χ0v) is 15.0. The van der Waals surface area contributed by atoms with Crippen LogP contribution in [0.1, 0.15) is 10.4 Å². The Morgan fingerprint density at radius 1 is 1.19 bits per heavy atom. The summed E-state index contributed by atoms with van der Waals surface area (Å²) in [5.74, 6) is 0.764. The zero-order valence-electron chi connectivity index (χ0n) is 14.2. The lowest BCUT2D eigenvalue weighted by Crippen LogP contribution is -2.09. The fourth-order valence-electron chi connectivity index (χ4n) is 2.29. The smallest absolute Gasteiger partial charge is 0.387 e. The van der Waals surface area contributed by atoms with Gasteiger partial charge >= 0.3 is 6.61 Å². The lowest BCUT2D eigenvalue weighted by molar-refractivity contribution is -0.0501. The van der Waals surface area contributed by atoms with Crippen LogP contribution in [0.5, 0.6) is 11.5 Å². The van der Waals surface area contributed by atoms with Crippen molar-refractivity contribution in [2.24, 2.45) is 0 Å². The predicted molar refractivity (Wildman–Crippen MR) is 96.5 cm³/mol. The molecular formula is C18H15F2N3O3S. The molecule has 1 aromatic heterocycles. The number of aromatic nitrogens is 3. The van der Waals surface area contributed by atoms with Crippen LogP contribution in [0.4, 0.5) is 8.78 Å². The van der Waals surface area contributed by atoms with Crippen LogP contribution < -0.4 is 9.47 Å². The number of ketones is 1. The average molecular weight is 391 g/mol. The Balaban J connectivity index is 1.65. The van der Waals surface area contributed by atoms with E-state index in [1.165, 1.54) is 18.2 Å². The van der Waals surface area contributed by atoms with Crippen molar-refractivity contribution in [1.29, 1.82) is 0 Å². The number of nitrogens with one attached hydrogen (secondary N) is 1. The molecule has 6 nitrogen and oxygen atoms in total. The monoisotopic (exact) mass is 391 g/mol. The predicted octanol–water partition coefficient (Wildman–Crippen LogP) is 4.06. The van der Waals surface area contributed by atoms with Crippen LogP contribution in [0.2, 0.25) is 0 Å². The Kier molecular flexibility index (Phi) is 6.02. The second kappa shape index (κ2) is 8.63. The van der Waals surface area contributed by atoms with Crippen LogP contribution in [0.25, 0.3) is 11.4 Å². The molecule has 0 saturated carbocycles. The SMILES string of the molecule is COc1ccc(-c2nc(SCC(=O)c3ccccc3OC(F)F)n[nH]2)cc1. The molecule has 0 bridgehead atoms. The number of Topliss-reactive ketones (excluding diaryl/α,β-unsaturated/α-hetero) is 1. The van der Waals surface area contributed by atoms with Gasteiger partial charge in [-0.25, -0.2) is 4.98 Å². The van der Waals surface area contributed by atoms with Gasteiger partial charge in [0.15, 0.2) is 11.6 Å². The van der Waals surface area contributed by atoms with Gasteiger partial charge in [0, 0.05) is 5.56 Å². The number of halogens is 2. The standard InChI is InChI=1S/C18H15F2N3O3S/c1-25-12-8-6-11(7-9-12)16-21-18(23-22-16)27-10-14(24)13-4-2-3-5-15(13)26-17(19)20/h2-9,17H,10H2,1H3,(H,21,22,23). The van der Waals surface area contributed by atoms with E-state index in [2.05, 4.69) is 19.9 Å². The second-order valence-electron chi connectivity index (χ2n) is 5.28. The lowest BCUT2D eigenvalue weighted by Gasteiger charge is -2.08. The van der Waals surface area contributed by atoms with E-state index in [4.69, 9.17) is 4.74 Å². The van der Waals surface area contributed by atoms with Crippen molar-refractivity contribution in [2.45, 2.75) is 11.8 Å². The Morgan fingerprint density at radius 3 is 2.63 bits per heavy atom. The first-order valence-electron chi connectivity index (χ1n) is 7.83. The molecule has 27 heavy (non-hydrogen) atoms. The van der Waals surface area contributed by atoms with Crippen LogP contribution in [0.15, 0.2) is 53.7 Å². The summed E-state index contributed by atoms with van der Waals surface area (Å²) in [6, 6.07) is 13.2. The van der Waals surface area contributed by atoms with Gasteiger partial charge in [0.1, 0.15) is 11.5 Å². The van der Waals surface area contributed by atoms with E-state index in [0.717, 1.165) is 23.1 Å². The zero-order chi connectivity index (χ0) is 19.2. The number of benzene rings is 2. The van der Waals surface area contributed by atoms with Crippen molar-refractivity contribution in [2.75, 3.05) is 12.9 Å². The topological polar surface area (TPSA) is 77.1 Å².